The molecule has 11 nitrogen and oxygen atoms in total. The topological polar surface area (TPSA) is 163 Å². The summed E-state index contributed by atoms with van der Waals surface area (Å²) in [5.74, 6) is -0.228. The van der Waals surface area contributed by atoms with Crippen LogP contribution in [-0.4, -0.2) is 80.6 Å². The van der Waals surface area contributed by atoms with Crippen LogP contribution in [0.15, 0.2) is 4.79 Å². The molecule has 5 atom stereocenters. The number of nitrogens with zero attached hydrogens (tertiary/aromatic N) is 2. The molecule has 1 aromatic heterocycles. The van der Waals surface area contributed by atoms with Crippen LogP contribution in [0.25, 0.3) is 0 Å². The highest BCUT2D eigenvalue weighted by molar-refractivity contribution is 5.82. The van der Waals surface area contributed by atoms with Crippen molar-refractivity contribution in [2.45, 2.75) is 30.6 Å². The number of rotatable bonds is 5. The number of anilines is 1. The smallest absolute Gasteiger partial charge is 0.300 e. The Balaban J connectivity index is 2.38. The third-order valence-electron chi connectivity index (χ3n) is 3.76. The minimum absolute atomic E-state index is 0.0994. The zero-order valence-electron chi connectivity index (χ0n) is 13.0. The highest BCUT2D eigenvalue weighted by Crippen LogP contribution is 2.23. The Morgan fingerprint density at radius 3 is 2.54 bits per heavy atom. The molecule has 1 saturated heterocycles. The summed E-state index contributed by atoms with van der Waals surface area (Å²) >= 11 is 0. The number of carbonyl (C=O) groups is 1. The van der Waals surface area contributed by atoms with Gasteiger partial charge in [0.1, 0.15) is 35.8 Å². The summed E-state index contributed by atoms with van der Waals surface area (Å²) in [5, 5.41) is 41.2. The van der Waals surface area contributed by atoms with Crippen molar-refractivity contribution in [2.24, 2.45) is 7.05 Å². The van der Waals surface area contributed by atoms with Crippen molar-refractivity contribution in [3.63, 3.8) is 0 Å². The van der Waals surface area contributed by atoms with Gasteiger partial charge in [0.25, 0.3) is 5.56 Å². The summed E-state index contributed by atoms with van der Waals surface area (Å²) in [5.41, 5.74) is -1.03. The van der Waals surface area contributed by atoms with Crippen LogP contribution in [0.3, 0.4) is 0 Å². The summed E-state index contributed by atoms with van der Waals surface area (Å²) in [7, 11) is 2.64. The minimum Gasteiger partial charge on any atom is -0.468 e. The predicted octanol–water partition coefficient (Wildman–Crippen LogP) is -3.19. The van der Waals surface area contributed by atoms with Gasteiger partial charge in [-0.3, -0.25) is 14.2 Å². The first kappa shape index (κ1) is 18.3. The fourth-order valence-corrected chi connectivity index (χ4v) is 2.35. The zero-order chi connectivity index (χ0) is 18.0. The van der Waals surface area contributed by atoms with Gasteiger partial charge in [-0.25, -0.2) is 0 Å². The van der Waals surface area contributed by atoms with Gasteiger partial charge >= 0.3 is 6.01 Å². The maximum atomic E-state index is 12.1. The molecule has 0 spiro atoms. The molecular formula is C13H19N3O8. The van der Waals surface area contributed by atoms with Crippen LogP contribution in [-0.2, 0) is 11.8 Å². The van der Waals surface area contributed by atoms with Gasteiger partial charge in [0.2, 0.25) is 0 Å². The molecule has 1 aliphatic rings. The van der Waals surface area contributed by atoms with Crippen LogP contribution in [0.4, 0.5) is 5.82 Å². The van der Waals surface area contributed by atoms with Crippen LogP contribution in [0.2, 0.25) is 0 Å². The number of hydrogen-bond acceptors (Lipinski definition) is 10. The average Bonchev–Trinajstić information content (AvgIpc) is 2.58. The fourth-order valence-electron chi connectivity index (χ4n) is 2.35. The lowest BCUT2D eigenvalue weighted by Crippen LogP contribution is -2.60. The van der Waals surface area contributed by atoms with Crippen molar-refractivity contribution >= 4 is 12.1 Å². The van der Waals surface area contributed by atoms with Crippen molar-refractivity contribution in [1.29, 1.82) is 0 Å². The van der Waals surface area contributed by atoms with E-state index >= 15 is 0 Å². The summed E-state index contributed by atoms with van der Waals surface area (Å²) in [6.45, 7) is -0.614. The number of carbonyl (C=O) groups excluding carboxylic acids is 1. The number of nitrogens with one attached hydrogen (secondary N) is 1. The Bertz CT molecular complexity index is 661. The number of aldehydes is 1. The molecule has 0 radical (unpaired) electrons. The van der Waals surface area contributed by atoms with E-state index in [0.29, 0.717) is 0 Å². The molecule has 0 amide bonds. The van der Waals surface area contributed by atoms with Crippen LogP contribution in [0.1, 0.15) is 10.4 Å². The lowest BCUT2D eigenvalue weighted by atomic mass is 9.98. The monoisotopic (exact) mass is 345 g/mol. The predicted molar refractivity (Wildman–Crippen MR) is 78.8 cm³/mol. The molecule has 24 heavy (non-hydrogen) atoms. The molecule has 0 aliphatic carbocycles. The second-order valence-corrected chi connectivity index (χ2v) is 5.24. The standard InChI is InChI=1S/C13H19N3O8/c1-16-12(22)5(3-17)10(15-13(16)23-2)14-11-9(21)8(20)7(19)6(4-18)24-11/h3,6-9,11,14,18-21H,4H2,1-2H3/t6-,7+,8+,9-,11-/m0/s1. The van der Waals surface area contributed by atoms with Gasteiger partial charge in [-0.1, -0.05) is 0 Å². The molecular weight excluding hydrogens is 326 g/mol. The highest BCUT2D eigenvalue weighted by atomic mass is 16.6. The second-order valence-electron chi connectivity index (χ2n) is 5.24. The highest BCUT2D eigenvalue weighted by Gasteiger charge is 2.43. The lowest BCUT2D eigenvalue weighted by molar-refractivity contribution is -0.221. The van der Waals surface area contributed by atoms with E-state index in [2.05, 4.69) is 10.3 Å². The maximum absolute atomic E-state index is 12.1. The summed E-state index contributed by atoms with van der Waals surface area (Å²) in [4.78, 5) is 27.2. The van der Waals surface area contributed by atoms with Crippen LogP contribution in [0, 0.1) is 0 Å². The van der Waals surface area contributed by atoms with E-state index < -0.39 is 42.8 Å². The number of ether oxygens (including phenoxy) is 2. The Labute approximate surface area is 136 Å². The van der Waals surface area contributed by atoms with Crippen molar-refractivity contribution in [2.75, 3.05) is 19.0 Å². The fraction of sp³-hybridized carbons (Fsp3) is 0.615. The Morgan fingerprint density at radius 2 is 2.00 bits per heavy atom. The maximum Gasteiger partial charge on any atom is 0.300 e. The first-order chi connectivity index (χ1) is 11.3. The van der Waals surface area contributed by atoms with Crippen LogP contribution in [0.5, 0.6) is 6.01 Å². The summed E-state index contributed by atoms with van der Waals surface area (Å²) < 4.78 is 11.2. The van der Waals surface area contributed by atoms with Crippen molar-refractivity contribution < 1.29 is 34.7 Å². The molecule has 0 unspecified atom stereocenters. The van der Waals surface area contributed by atoms with Crippen molar-refractivity contribution in [3.8, 4) is 6.01 Å². The third kappa shape index (κ3) is 3.12. The minimum atomic E-state index is -1.61. The largest absolute Gasteiger partial charge is 0.468 e. The van der Waals surface area contributed by atoms with Crippen LogP contribution < -0.4 is 15.6 Å². The zero-order valence-corrected chi connectivity index (χ0v) is 13.0. The number of aliphatic hydroxyl groups is 4. The van der Waals surface area contributed by atoms with Gasteiger partial charge in [-0.15, -0.1) is 0 Å². The normalized spacial score (nSPS) is 30.0. The van der Waals surface area contributed by atoms with E-state index in [9.17, 15) is 24.9 Å². The molecule has 11 heteroatoms. The van der Waals surface area contributed by atoms with Crippen molar-refractivity contribution in [3.05, 3.63) is 15.9 Å². The molecule has 0 saturated carbocycles. The van der Waals surface area contributed by atoms with Gasteiger partial charge in [-0.2, -0.15) is 4.98 Å². The first-order valence-electron chi connectivity index (χ1n) is 7.03. The molecule has 2 heterocycles. The van der Waals surface area contributed by atoms with E-state index in [1.807, 2.05) is 0 Å². The molecule has 1 aromatic rings. The molecule has 5 N–H and O–H groups in total. The first-order valence-corrected chi connectivity index (χ1v) is 7.03. The van der Waals surface area contributed by atoms with Gasteiger partial charge in [0.15, 0.2) is 12.5 Å². The van der Waals surface area contributed by atoms with E-state index in [-0.39, 0.29) is 23.7 Å². The number of aliphatic hydroxyl groups excluding tert-OH is 4. The molecule has 2 rings (SSSR count). The number of hydrogen-bond donors (Lipinski definition) is 5. The van der Waals surface area contributed by atoms with Crippen molar-refractivity contribution in [1.82, 2.24) is 9.55 Å². The molecule has 1 fully saturated rings. The van der Waals surface area contributed by atoms with E-state index in [4.69, 9.17) is 14.6 Å². The lowest BCUT2D eigenvalue weighted by Gasteiger charge is -2.40. The molecule has 0 aromatic carbocycles. The van der Waals surface area contributed by atoms with E-state index in [0.717, 1.165) is 4.57 Å². The summed E-state index contributed by atoms with van der Waals surface area (Å²) in [6.07, 6.45) is -6.93. The summed E-state index contributed by atoms with van der Waals surface area (Å²) in [6, 6.07) is -0.0994. The quantitative estimate of drug-likeness (QED) is 0.344. The van der Waals surface area contributed by atoms with Crippen LogP contribution >= 0.6 is 0 Å². The van der Waals surface area contributed by atoms with E-state index in [1.165, 1.54) is 14.2 Å². The van der Waals surface area contributed by atoms with Gasteiger partial charge in [-0.05, 0) is 0 Å². The number of methoxy groups -OCH3 is 1. The Morgan fingerprint density at radius 1 is 1.33 bits per heavy atom. The molecule has 134 valence electrons. The Hall–Kier alpha value is -2.05. The second kappa shape index (κ2) is 7.23. The van der Waals surface area contributed by atoms with Gasteiger partial charge in [0.05, 0.1) is 13.7 Å². The third-order valence-corrected chi connectivity index (χ3v) is 3.76. The SMILES string of the molecule is COc1nc(N[C@H]2O[C@@H](CO)[C@@H](O)[C@@H](O)[C@@H]2O)c(C=O)c(=O)n1C. The molecule has 0 bridgehead atoms. The Kier molecular flexibility index (Phi) is 5.51. The molecule has 1 aliphatic heterocycles. The average molecular weight is 345 g/mol. The van der Waals surface area contributed by atoms with E-state index in [1.54, 1.807) is 0 Å². The van der Waals surface area contributed by atoms with Gasteiger partial charge in [0, 0.05) is 7.05 Å². The number of aromatic nitrogens is 2. The van der Waals surface area contributed by atoms with Gasteiger partial charge < -0.3 is 35.2 Å².